The normalized spacial score (nSPS) is 11.6. The molecule has 0 saturated heterocycles. The summed E-state index contributed by atoms with van der Waals surface area (Å²) in [7, 11) is 3.17. The topological polar surface area (TPSA) is 86.5 Å². The molecular formula is C27H27N3O4. The molecular weight excluding hydrogens is 430 g/mol. The first-order valence-electron chi connectivity index (χ1n) is 11.1. The highest BCUT2D eigenvalue weighted by Crippen LogP contribution is 2.29. The number of hydrogen-bond donors (Lipinski definition) is 1. The number of benzene rings is 3. The molecule has 4 aromatic rings. The molecule has 174 valence electrons. The Morgan fingerprint density at radius 3 is 2.15 bits per heavy atom. The Hall–Kier alpha value is -4.13. The predicted molar refractivity (Wildman–Crippen MR) is 129 cm³/mol. The van der Waals surface area contributed by atoms with E-state index in [2.05, 4.69) is 15.5 Å². The molecule has 0 aliphatic carbocycles. The lowest BCUT2D eigenvalue weighted by Crippen LogP contribution is -2.30. The van der Waals surface area contributed by atoms with Crippen LogP contribution in [0, 0.1) is 0 Å². The van der Waals surface area contributed by atoms with Gasteiger partial charge in [0.2, 0.25) is 17.6 Å². The third kappa shape index (κ3) is 6.01. The number of nitrogens with one attached hydrogen (secondary N) is 1. The first kappa shape index (κ1) is 23.0. The van der Waals surface area contributed by atoms with Crippen LogP contribution in [0.15, 0.2) is 83.4 Å². The van der Waals surface area contributed by atoms with Crippen LogP contribution in [0.3, 0.4) is 0 Å². The van der Waals surface area contributed by atoms with E-state index in [-0.39, 0.29) is 5.91 Å². The number of rotatable bonds is 10. The number of hydrogen-bond acceptors (Lipinski definition) is 6. The van der Waals surface area contributed by atoms with E-state index in [0.29, 0.717) is 48.0 Å². The summed E-state index contributed by atoms with van der Waals surface area (Å²) in [5, 5.41) is 7.23. The Bertz CT molecular complexity index is 1190. The Labute approximate surface area is 198 Å². The summed E-state index contributed by atoms with van der Waals surface area (Å²) in [5.41, 5.74) is 2.86. The highest BCUT2D eigenvalue weighted by Gasteiger charge is 2.23. The van der Waals surface area contributed by atoms with Crippen molar-refractivity contribution in [3.05, 3.63) is 95.9 Å². The molecule has 0 unspecified atom stereocenters. The van der Waals surface area contributed by atoms with Crippen LogP contribution in [0.1, 0.15) is 29.5 Å². The molecule has 1 N–H and O–H groups in total. The Morgan fingerprint density at radius 2 is 1.53 bits per heavy atom. The second-order valence-corrected chi connectivity index (χ2v) is 7.85. The minimum atomic E-state index is -0.459. The summed E-state index contributed by atoms with van der Waals surface area (Å²) in [4.78, 5) is 17.4. The van der Waals surface area contributed by atoms with Crippen LogP contribution >= 0.6 is 0 Å². The molecule has 0 aliphatic heterocycles. The molecule has 1 atom stereocenters. The Kier molecular flexibility index (Phi) is 7.55. The summed E-state index contributed by atoms with van der Waals surface area (Å²) in [6.07, 6.45) is 1.55. The third-order valence-electron chi connectivity index (χ3n) is 5.45. The van der Waals surface area contributed by atoms with Gasteiger partial charge in [-0.3, -0.25) is 4.79 Å². The standard InChI is InChI=1S/C27H27N3O4/c1-32-22-16-21(17-23(18-22)33-2)26-29-27(34-30-26)24(15-20-11-7-4-8-12-20)28-25(31)14-13-19-9-5-3-6-10-19/h3-12,16-18,24H,13-15H2,1-2H3,(H,28,31)/t24-/m0/s1. The van der Waals surface area contributed by atoms with E-state index in [9.17, 15) is 4.79 Å². The van der Waals surface area contributed by atoms with Gasteiger partial charge in [-0.25, -0.2) is 0 Å². The summed E-state index contributed by atoms with van der Waals surface area (Å²) in [6.45, 7) is 0. The zero-order chi connectivity index (χ0) is 23.8. The number of carbonyl (C=O) groups is 1. The molecule has 0 bridgehead atoms. The number of methoxy groups -OCH3 is 2. The maximum absolute atomic E-state index is 12.8. The highest BCUT2D eigenvalue weighted by molar-refractivity contribution is 5.76. The minimum Gasteiger partial charge on any atom is -0.497 e. The van der Waals surface area contributed by atoms with Gasteiger partial charge >= 0.3 is 0 Å². The first-order valence-corrected chi connectivity index (χ1v) is 11.1. The molecule has 0 fully saturated rings. The van der Waals surface area contributed by atoms with Crippen molar-refractivity contribution in [1.29, 1.82) is 0 Å². The van der Waals surface area contributed by atoms with E-state index in [0.717, 1.165) is 11.1 Å². The smallest absolute Gasteiger partial charge is 0.249 e. The molecule has 0 saturated carbocycles. The maximum Gasteiger partial charge on any atom is 0.249 e. The average Bonchev–Trinajstić information content (AvgIpc) is 3.38. The SMILES string of the molecule is COc1cc(OC)cc(-c2noc([C@H](Cc3ccccc3)NC(=O)CCc3ccccc3)n2)c1. The molecule has 1 heterocycles. The van der Waals surface area contributed by atoms with Gasteiger partial charge in [-0.05, 0) is 29.7 Å². The molecule has 7 heteroatoms. The maximum atomic E-state index is 12.8. The minimum absolute atomic E-state index is 0.0763. The van der Waals surface area contributed by atoms with Crippen LogP contribution in [-0.4, -0.2) is 30.3 Å². The van der Waals surface area contributed by atoms with Crippen LogP contribution in [0.5, 0.6) is 11.5 Å². The van der Waals surface area contributed by atoms with Crippen molar-refractivity contribution in [3.63, 3.8) is 0 Å². The van der Waals surface area contributed by atoms with Crippen molar-refractivity contribution < 1.29 is 18.8 Å². The van der Waals surface area contributed by atoms with Crippen LogP contribution in [0.2, 0.25) is 0 Å². The van der Waals surface area contributed by atoms with Crippen LogP contribution in [0.25, 0.3) is 11.4 Å². The lowest BCUT2D eigenvalue weighted by atomic mass is 10.0. The average molecular weight is 458 g/mol. The molecule has 34 heavy (non-hydrogen) atoms. The van der Waals surface area contributed by atoms with Gasteiger partial charge in [0.05, 0.1) is 14.2 Å². The second-order valence-electron chi connectivity index (χ2n) is 7.85. The third-order valence-corrected chi connectivity index (χ3v) is 5.45. The fourth-order valence-electron chi connectivity index (χ4n) is 3.65. The molecule has 0 aliphatic rings. The highest BCUT2D eigenvalue weighted by atomic mass is 16.5. The Morgan fingerprint density at radius 1 is 0.912 bits per heavy atom. The number of aryl methyl sites for hydroxylation is 1. The number of ether oxygens (including phenoxy) is 2. The summed E-state index contributed by atoms with van der Waals surface area (Å²) >= 11 is 0. The van der Waals surface area contributed by atoms with Gasteiger partial charge in [0.1, 0.15) is 17.5 Å². The van der Waals surface area contributed by atoms with Crippen molar-refractivity contribution in [2.24, 2.45) is 0 Å². The van der Waals surface area contributed by atoms with Gasteiger partial charge in [-0.2, -0.15) is 4.98 Å². The molecule has 7 nitrogen and oxygen atoms in total. The van der Waals surface area contributed by atoms with Crippen molar-refractivity contribution in [2.75, 3.05) is 14.2 Å². The molecule has 4 rings (SSSR count). The summed E-state index contributed by atoms with van der Waals surface area (Å²) < 4.78 is 16.3. The van der Waals surface area contributed by atoms with Crippen LogP contribution < -0.4 is 14.8 Å². The van der Waals surface area contributed by atoms with E-state index >= 15 is 0 Å². The van der Waals surface area contributed by atoms with Crippen LogP contribution in [-0.2, 0) is 17.6 Å². The van der Waals surface area contributed by atoms with Gasteiger partial charge in [0, 0.05) is 24.5 Å². The largest absolute Gasteiger partial charge is 0.497 e. The van der Waals surface area contributed by atoms with Gasteiger partial charge in [0.15, 0.2) is 0 Å². The zero-order valence-electron chi connectivity index (χ0n) is 19.2. The predicted octanol–water partition coefficient (Wildman–Crippen LogP) is 4.79. The van der Waals surface area contributed by atoms with Gasteiger partial charge < -0.3 is 19.3 Å². The monoisotopic (exact) mass is 457 g/mol. The van der Waals surface area contributed by atoms with E-state index in [1.165, 1.54) is 0 Å². The quantitative estimate of drug-likeness (QED) is 0.369. The summed E-state index contributed by atoms with van der Waals surface area (Å²) in [5.74, 6) is 1.90. The van der Waals surface area contributed by atoms with E-state index in [4.69, 9.17) is 14.0 Å². The van der Waals surface area contributed by atoms with E-state index in [1.807, 2.05) is 72.8 Å². The number of nitrogens with zero attached hydrogens (tertiary/aromatic N) is 2. The van der Waals surface area contributed by atoms with Crippen molar-refractivity contribution in [2.45, 2.75) is 25.3 Å². The van der Waals surface area contributed by atoms with Gasteiger partial charge in [-0.1, -0.05) is 65.8 Å². The summed E-state index contributed by atoms with van der Waals surface area (Å²) in [6, 6.07) is 24.8. The number of carbonyl (C=O) groups excluding carboxylic acids is 1. The van der Waals surface area contributed by atoms with Crippen molar-refractivity contribution in [3.8, 4) is 22.9 Å². The van der Waals surface area contributed by atoms with E-state index < -0.39 is 6.04 Å². The number of aromatic nitrogens is 2. The lowest BCUT2D eigenvalue weighted by Gasteiger charge is -2.15. The molecule has 0 radical (unpaired) electrons. The van der Waals surface area contributed by atoms with Crippen molar-refractivity contribution >= 4 is 5.91 Å². The number of amides is 1. The van der Waals surface area contributed by atoms with Gasteiger partial charge in [0.25, 0.3) is 0 Å². The van der Waals surface area contributed by atoms with Crippen molar-refractivity contribution in [1.82, 2.24) is 15.5 Å². The molecule has 1 aromatic heterocycles. The molecule has 1 amide bonds. The van der Waals surface area contributed by atoms with Gasteiger partial charge in [-0.15, -0.1) is 0 Å². The second kappa shape index (κ2) is 11.1. The fraction of sp³-hybridized carbons (Fsp3) is 0.222. The van der Waals surface area contributed by atoms with Crippen LogP contribution in [0.4, 0.5) is 0 Å². The Balaban J connectivity index is 1.54. The molecule has 3 aromatic carbocycles. The lowest BCUT2D eigenvalue weighted by molar-refractivity contribution is -0.122. The zero-order valence-corrected chi connectivity index (χ0v) is 19.2. The molecule has 0 spiro atoms. The van der Waals surface area contributed by atoms with E-state index in [1.54, 1.807) is 20.3 Å². The first-order chi connectivity index (χ1) is 16.6. The fourth-order valence-corrected chi connectivity index (χ4v) is 3.65.